The Hall–Kier alpha value is -0.600. The molecule has 0 radical (unpaired) electrons. The Morgan fingerprint density at radius 1 is 1.53 bits per heavy atom. The van der Waals surface area contributed by atoms with E-state index in [1.54, 1.807) is 5.57 Å². The predicted octanol–water partition coefficient (Wildman–Crippen LogP) is 2.37. The van der Waals surface area contributed by atoms with Gasteiger partial charge in [-0.05, 0) is 19.3 Å². The number of hydrogen-bond acceptors (Lipinski definition) is 2. The Balaban J connectivity index is 1.83. The zero-order valence-corrected chi connectivity index (χ0v) is 9.61. The summed E-state index contributed by atoms with van der Waals surface area (Å²) in [5.41, 5.74) is 1.58. The van der Waals surface area contributed by atoms with Crippen LogP contribution in [0.1, 0.15) is 26.2 Å². The summed E-state index contributed by atoms with van der Waals surface area (Å²) in [5, 5.41) is 0. The third-order valence-electron chi connectivity index (χ3n) is 3.21. The lowest BCUT2D eigenvalue weighted by molar-refractivity contribution is -0.0267. The van der Waals surface area contributed by atoms with E-state index in [2.05, 4.69) is 30.1 Å². The quantitative estimate of drug-likeness (QED) is 0.704. The second-order valence-electron chi connectivity index (χ2n) is 4.43. The van der Waals surface area contributed by atoms with Crippen LogP contribution in [-0.2, 0) is 4.74 Å². The molecular formula is C13H21NO. The van der Waals surface area contributed by atoms with E-state index in [0.29, 0.717) is 6.10 Å². The molecule has 2 nitrogen and oxygen atoms in total. The number of ether oxygens (including phenoxy) is 1. The zero-order valence-electron chi connectivity index (χ0n) is 9.61. The van der Waals surface area contributed by atoms with Crippen molar-refractivity contribution in [3.63, 3.8) is 0 Å². The first-order chi connectivity index (χ1) is 7.38. The number of hydrogen-bond donors (Lipinski definition) is 0. The van der Waals surface area contributed by atoms with Gasteiger partial charge in [0.05, 0.1) is 12.7 Å². The van der Waals surface area contributed by atoms with Crippen LogP contribution in [0, 0.1) is 0 Å². The fraction of sp³-hybridized carbons (Fsp3) is 0.692. The van der Waals surface area contributed by atoms with E-state index >= 15 is 0 Å². The minimum Gasteiger partial charge on any atom is -0.376 e. The molecule has 1 atom stereocenters. The fourth-order valence-corrected chi connectivity index (χ4v) is 2.24. The number of morpholine rings is 1. The number of rotatable bonds is 3. The van der Waals surface area contributed by atoms with Gasteiger partial charge in [-0.25, -0.2) is 0 Å². The molecule has 84 valence electrons. The molecule has 0 bridgehead atoms. The zero-order chi connectivity index (χ0) is 10.5. The Morgan fingerprint density at radius 3 is 3.20 bits per heavy atom. The molecule has 0 aromatic heterocycles. The molecule has 0 unspecified atom stereocenters. The summed E-state index contributed by atoms with van der Waals surface area (Å²) in [7, 11) is 0. The summed E-state index contributed by atoms with van der Waals surface area (Å²) in [4.78, 5) is 2.53. The van der Waals surface area contributed by atoms with Crippen molar-refractivity contribution in [2.24, 2.45) is 0 Å². The molecule has 0 aromatic rings. The molecule has 0 spiro atoms. The van der Waals surface area contributed by atoms with Gasteiger partial charge in [0.25, 0.3) is 0 Å². The van der Waals surface area contributed by atoms with Crippen LogP contribution >= 0.6 is 0 Å². The summed E-state index contributed by atoms with van der Waals surface area (Å²) in [6.07, 6.45) is 10.8. The molecule has 2 aliphatic rings. The van der Waals surface area contributed by atoms with Crippen molar-refractivity contribution >= 4 is 0 Å². The van der Waals surface area contributed by atoms with Gasteiger partial charge >= 0.3 is 0 Å². The lowest BCUT2D eigenvalue weighted by atomic mass is 10.0. The average Bonchev–Trinajstić information content (AvgIpc) is 2.31. The molecule has 0 amide bonds. The van der Waals surface area contributed by atoms with Crippen molar-refractivity contribution < 1.29 is 4.74 Å². The van der Waals surface area contributed by atoms with Crippen molar-refractivity contribution in [1.82, 2.24) is 4.90 Å². The van der Waals surface area contributed by atoms with E-state index in [0.717, 1.165) is 32.7 Å². The molecule has 0 aromatic carbocycles. The molecule has 0 saturated carbocycles. The normalized spacial score (nSPS) is 27.8. The van der Waals surface area contributed by atoms with Gasteiger partial charge in [-0.2, -0.15) is 0 Å². The minimum atomic E-state index is 0.457. The van der Waals surface area contributed by atoms with Crippen LogP contribution < -0.4 is 0 Å². The SMILES string of the molecule is CC[C@@H]1CN(CC2=CC=CCC2)CCO1. The van der Waals surface area contributed by atoms with Crippen LogP contribution in [0.4, 0.5) is 0 Å². The van der Waals surface area contributed by atoms with Gasteiger partial charge in [0, 0.05) is 19.6 Å². The smallest absolute Gasteiger partial charge is 0.0700 e. The first-order valence-electron chi connectivity index (χ1n) is 6.07. The topological polar surface area (TPSA) is 12.5 Å². The van der Waals surface area contributed by atoms with E-state index in [4.69, 9.17) is 4.74 Å². The van der Waals surface area contributed by atoms with Gasteiger partial charge in [-0.15, -0.1) is 0 Å². The van der Waals surface area contributed by atoms with E-state index < -0.39 is 0 Å². The first kappa shape index (κ1) is 10.9. The van der Waals surface area contributed by atoms with Gasteiger partial charge in [0.2, 0.25) is 0 Å². The predicted molar refractivity (Wildman–Crippen MR) is 62.9 cm³/mol. The Kier molecular flexibility index (Phi) is 3.98. The second kappa shape index (κ2) is 5.47. The monoisotopic (exact) mass is 207 g/mol. The molecule has 1 aliphatic carbocycles. The van der Waals surface area contributed by atoms with E-state index in [1.165, 1.54) is 12.8 Å². The van der Waals surface area contributed by atoms with Crippen molar-refractivity contribution in [2.75, 3.05) is 26.2 Å². The Morgan fingerprint density at radius 2 is 2.47 bits per heavy atom. The maximum atomic E-state index is 5.67. The minimum absolute atomic E-state index is 0.457. The highest BCUT2D eigenvalue weighted by Gasteiger charge is 2.19. The van der Waals surface area contributed by atoms with Crippen LogP contribution in [0.5, 0.6) is 0 Å². The standard InChI is InChI=1S/C13H21NO/c1-2-13-11-14(8-9-15-13)10-12-6-4-3-5-7-12/h3-4,6,13H,2,5,7-11H2,1H3/t13-/m1/s1. The third-order valence-corrected chi connectivity index (χ3v) is 3.21. The van der Waals surface area contributed by atoms with Crippen molar-refractivity contribution in [3.8, 4) is 0 Å². The lowest BCUT2D eigenvalue weighted by Crippen LogP contribution is -2.42. The largest absolute Gasteiger partial charge is 0.376 e. The van der Waals surface area contributed by atoms with Crippen molar-refractivity contribution in [1.29, 1.82) is 0 Å². The van der Waals surface area contributed by atoms with Gasteiger partial charge in [0.15, 0.2) is 0 Å². The molecule has 1 saturated heterocycles. The first-order valence-corrected chi connectivity index (χ1v) is 6.07. The lowest BCUT2D eigenvalue weighted by Gasteiger charge is -2.33. The van der Waals surface area contributed by atoms with Crippen LogP contribution in [0.3, 0.4) is 0 Å². The Bertz CT molecular complexity index is 257. The number of allylic oxidation sites excluding steroid dienone is 3. The summed E-state index contributed by atoms with van der Waals surface area (Å²) in [6, 6.07) is 0. The van der Waals surface area contributed by atoms with Crippen molar-refractivity contribution in [2.45, 2.75) is 32.3 Å². The van der Waals surface area contributed by atoms with Crippen LogP contribution in [0.15, 0.2) is 23.8 Å². The summed E-state index contributed by atoms with van der Waals surface area (Å²) < 4.78 is 5.67. The number of nitrogens with zero attached hydrogens (tertiary/aromatic N) is 1. The highest BCUT2D eigenvalue weighted by Crippen LogP contribution is 2.15. The van der Waals surface area contributed by atoms with Crippen LogP contribution in [0.25, 0.3) is 0 Å². The van der Waals surface area contributed by atoms with E-state index in [-0.39, 0.29) is 0 Å². The second-order valence-corrected chi connectivity index (χ2v) is 4.43. The molecule has 2 heteroatoms. The average molecular weight is 207 g/mol. The highest BCUT2D eigenvalue weighted by atomic mass is 16.5. The molecule has 0 N–H and O–H groups in total. The highest BCUT2D eigenvalue weighted by molar-refractivity contribution is 5.18. The molecule has 1 fully saturated rings. The van der Waals surface area contributed by atoms with Crippen LogP contribution in [-0.4, -0.2) is 37.2 Å². The van der Waals surface area contributed by atoms with Gasteiger partial charge in [-0.1, -0.05) is 30.7 Å². The molecule has 15 heavy (non-hydrogen) atoms. The van der Waals surface area contributed by atoms with Crippen LogP contribution in [0.2, 0.25) is 0 Å². The maximum absolute atomic E-state index is 5.67. The van der Waals surface area contributed by atoms with E-state index in [9.17, 15) is 0 Å². The van der Waals surface area contributed by atoms with Gasteiger partial charge in [0.1, 0.15) is 0 Å². The summed E-state index contributed by atoms with van der Waals surface area (Å²) >= 11 is 0. The van der Waals surface area contributed by atoms with Crippen molar-refractivity contribution in [3.05, 3.63) is 23.8 Å². The molecule has 1 heterocycles. The summed E-state index contributed by atoms with van der Waals surface area (Å²) in [6.45, 7) is 6.46. The molecule has 2 rings (SSSR count). The Labute approximate surface area is 92.6 Å². The third kappa shape index (κ3) is 3.18. The fourth-order valence-electron chi connectivity index (χ4n) is 2.24. The van der Waals surface area contributed by atoms with Gasteiger partial charge in [-0.3, -0.25) is 4.90 Å². The van der Waals surface area contributed by atoms with Gasteiger partial charge < -0.3 is 4.74 Å². The molecular weight excluding hydrogens is 186 g/mol. The molecule has 1 aliphatic heterocycles. The summed E-state index contributed by atoms with van der Waals surface area (Å²) in [5.74, 6) is 0. The maximum Gasteiger partial charge on any atom is 0.0700 e. The van der Waals surface area contributed by atoms with E-state index in [1.807, 2.05) is 0 Å².